The lowest BCUT2D eigenvalue weighted by molar-refractivity contribution is 0.0471. The number of hydrogen-bond acceptors (Lipinski definition) is 4. The van der Waals surface area contributed by atoms with Crippen molar-refractivity contribution in [2.24, 2.45) is 0 Å². The summed E-state index contributed by atoms with van der Waals surface area (Å²) in [6.45, 7) is 2.44. The molecule has 0 saturated carbocycles. The van der Waals surface area contributed by atoms with Crippen LogP contribution < -0.4 is 4.90 Å². The highest BCUT2D eigenvalue weighted by atomic mass is 35.5. The molecule has 1 fully saturated rings. The van der Waals surface area contributed by atoms with Gasteiger partial charge in [-0.2, -0.15) is 0 Å². The molecule has 5 heteroatoms. The second-order valence-electron chi connectivity index (χ2n) is 5.29. The van der Waals surface area contributed by atoms with E-state index in [1.165, 1.54) is 0 Å². The molecule has 1 aliphatic heterocycles. The summed E-state index contributed by atoms with van der Waals surface area (Å²) < 4.78 is 5.70. The predicted octanol–water partition coefficient (Wildman–Crippen LogP) is 3.16. The number of rotatable bonds is 4. The summed E-state index contributed by atoms with van der Waals surface area (Å²) >= 11 is 5.66. The number of alkyl halides is 1. The monoisotopic (exact) mass is 306 g/mol. The van der Waals surface area contributed by atoms with E-state index in [1.54, 1.807) is 12.1 Å². The highest BCUT2D eigenvalue weighted by Gasteiger charge is 2.21. The van der Waals surface area contributed by atoms with Crippen LogP contribution in [0.5, 0.6) is 5.75 Å². The van der Waals surface area contributed by atoms with Gasteiger partial charge in [0.1, 0.15) is 11.6 Å². The maximum atomic E-state index is 9.71. The van der Waals surface area contributed by atoms with Gasteiger partial charge in [0.2, 0.25) is 0 Å². The van der Waals surface area contributed by atoms with E-state index in [0.29, 0.717) is 18.6 Å². The number of anilines is 1. The van der Waals surface area contributed by atoms with Gasteiger partial charge in [-0.25, -0.2) is 4.98 Å². The maximum Gasteiger partial charge on any atom is 0.136 e. The van der Waals surface area contributed by atoms with Crippen LogP contribution in [0.2, 0.25) is 0 Å². The van der Waals surface area contributed by atoms with Gasteiger partial charge in [-0.15, -0.1) is 11.6 Å². The summed E-state index contributed by atoms with van der Waals surface area (Å²) in [5.41, 5.74) is 0. The number of fused-ring (bicyclic) bond motifs is 1. The molecule has 1 N–H and O–H groups in total. The minimum atomic E-state index is 0.275. The largest absolute Gasteiger partial charge is 0.508 e. The summed E-state index contributed by atoms with van der Waals surface area (Å²) in [6, 6.07) is 7.38. The highest BCUT2D eigenvalue weighted by molar-refractivity contribution is 6.17. The summed E-state index contributed by atoms with van der Waals surface area (Å²) in [7, 11) is 0. The van der Waals surface area contributed by atoms with E-state index in [9.17, 15) is 5.11 Å². The van der Waals surface area contributed by atoms with E-state index in [0.717, 1.165) is 42.5 Å². The van der Waals surface area contributed by atoms with Crippen molar-refractivity contribution in [1.29, 1.82) is 0 Å². The van der Waals surface area contributed by atoms with Crippen molar-refractivity contribution in [3.05, 3.63) is 30.5 Å². The Labute approximate surface area is 129 Å². The Bertz CT molecular complexity index is 612. The number of phenolic OH excluding ortho intramolecular Hbond substituents is 1. The van der Waals surface area contributed by atoms with Gasteiger partial charge < -0.3 is 14.7 Å². The average Bonchev–Trinajstić information content (AvgIpc) is 2.53. The quantitative estimate of drug-likeness (QED) is 0.881. The van der Waals surface area contributed by atoms with E-state index in [2.05, 4.69) is 9.88 Å². The first-order valence-electron chi connectivity index (χ1n) is 7.28. The molecule has 0 amide bonds. The SMILES string of the molecule is Oc1ccc2ccnc(N3CCC(OCCCl)CC3)c2c1. The topological polar surface area (TPSA) is 45.6 Å². The molecule has 2 aromatic rings. The Balaban J connectivity index is 1.78. The van der Waals surface area contributed by atoms with Crippen LogP contribution in [0.1, 0.15) is 12.8 Å². The zero-order chi connectivity index (χ0) is 14.7. The lowest BCUT2D eigenvalue weighted by Crippen LogP contribution is -2.37. The van der Waals surface area contributed by atoms with Crippen molar-refractivity contribution in [2.45, 2.75) is 18.9 Å². The molecule has 112 valence electrons. The van der Waals surface area contributed by atoms with Gasteiger partial charge in [0.05, 0.1) is 12.7 Å². The number of aromatic nitrogens is 1. The molecule has 1 aromatic heterocycles. The van der Waals surface area contributed by atoms with Crippen LogP contribution in [0, 0.1) is 0 Å². The lowest BCUT2D eigenvalue weighted by atomic mass is 10.1. The minimum absolute atomic E-state index is 0.275. The van der Waals surface area contributed by atoms with E-state index in [1.807, 2.05) is 18.3 Å². The molecule has 0 radical (unpaired) electrons. The van der Waals surface area contributed by atoms with Gasteiger partial charge in [-0.3, -0.25) is 0 Å². The number of piperidine rings is 1. The van der Waals surface area contributed by atoms with E-state index >= 15 is 0 Å². The van der Waals surface area contributed by atoms with Crippen molar-refractivity contribution in [3.63, 3.8) is 0 Å². The zero-order valence-electron chi connectivity index (χ0n) is 11.8. The molecule has 0 spiro atoms. The van der Waals surface area contributed by atoms with E-state index in [4.69, 9.17) is 16.3 Å². The molecule has 0 aliphatic carbocycles. The standard InChI is InChI=1S/C16H19ClN2O2/c17-6-10-21-14-4-8-19(9-5-14)16-15-11-13(20)2-1-12(15)3-7-18-16/h1-3,7,11,14,20H,4-6,8-10H2. The molecular weight excluding hydrogens is 288 g/mol. The molecule has 3 rings (SSSR count). The first-order valence-corrected chi connectivity index (χ1v) is 7.81. The summed E-state index contributed by atoms with van der Waals surface area (Å²) in [4.78, 5) is 6.78. The van der Waals surface area contributed by atoms with Gasteiger partial charge >= 0.3 is 0 Å². The van der Waals surface area contributed by atoms with Crippen molar-refractivity contribution in [2.75, 3.05) is 30.5 Å². The number of pyridine rings is 1. The molecule has 0 atom stereocenters. The van der Waals surface area contributed by atoms with Crippen LogP contribution >= 0.6 is 11.6 Å². The molecule has 2 heterocycles. The fourth-order valence-corrected chi connectivity index (χ4v) is 2.93. The molecule has 1 aromatic carbocycles. The van der Waals surface area contributed by atoms with E-state index < -0.39 is 0 Å². The van der Waals surface area contributed by atoms with Crippen LogP contribution in [-0.4, -0.2) is 41.8 Å². The number of aromatic hydroxyl groups is 1. The highest BCUT2D eigenvalue weighted by Crippen LogP contribution is 2.29. The Morgan fingerprint density at radius 1 is 1.29 bits per heavy atom. The number of benzene rings is 1. The van der Waals surface area contributed by atoms with Crippen molar-refractivity contribution in [3.8, 4) is 5.75 Å². The Morgan fingerprint density at radius 3 is 2.86 bits per heavy atom. The number of halogens is 1. The molecule has 0 bridgehead atoms. The summed E-state index contributed by atoms with van der Waals surface area (Å²) in [5, 5.41) is 11.8. The first-order chi connectivity index (χ1) is 10.3. The summed E-state index contributed by atoms with van der Waals surface area (Å²) in [5.74, 6) is 1.76. The number of ether oxygens (including phenoxy) is 1. The molecule has 4 nitrogen and oxygen atoms in total. The maximum absolute atomic E-state index is 9.71. The average molecular weight is 307 g/mol. The summed E-state index contributed by atoms with van der Waals surface area (Å²) in [6.07, 6.45) is 4.08. The number of nitrogens with zero attached hydrogens (tertiary/aromatic N) is 2. The second-order valence-corrected chi connectivity index (χ2v) is 5.66. The third-order valence-corrected chi connectivity index (χ3v) is 4.06. The molecule has 1 aliphatic rings. The Kier molecular flexibility index (Phi) is 4.46. The van der Waals surface area contributed by atoms with Crippen LogP contribution in [0.3, 0.4) is 0 Å². The van der Waals surface area contributed by atoms with Gasteiger partial charge in [0.15, 0.2) is 0 Å². The van der Waals surface area contributed by atoms with Crippen molar-refractivity contribution in [1.82, 2.24) is 4.98 Å². The van der Waals surface area contributed by atoms with Crippen LogP contribution in [0.25, 0.3) is 10.8 Å². The number of phenols is 1. The van der Waals surface area contributed by atoms with Crippen LogP contribution in [-0.2, 0) is 4.74 Å². The fourth-order valence-electron chi connectivity index (χ4n) is 2.84. The van der Waals surface area contributed by atoms with Crippen molar-refractivity contribution >= 4 is 28.2 Å². The molecule has 21 heavy (non-hydrogen) atoms. The fraction of sp³-hybridized carbons (Fsp3) is 0.438. The smallest absolute Gasteiger partial charge is 0.136 e. The van der Waals surface area contributed by atoms with Gasteiger partial charge in [-0.1, -0.05) is 6.07 Å². The Hall–Kier alpha value is -1.52. The zero-order valence-corrected chi connectivity index (χ0v) is 12.6. The van der Waals surface area contributed by atoms with Crippen LogP contribution in [0.4, 0.5) is 5.82 Å². The molecule has 1 saturated heterocycles. The van der Waals surface area contributed by atoms with Crippen LogP contribution in [0.15, 0.2) is 30.5 Å². The van der Waals surface area contributed by atoms with E-state index in [-0.39, 0.29) is 5.75 Å². The molecular formula is C16H19ClN2O2. The number of hydrogen-bond donors (Lipinski definition) is 1. The lowest BCUT2D eigenvalue weighted by Gasteiger charge is -2.33. The minimum Gasteiger partial charge on any atom is -0.508 e. The molecule has 0 unspecified atom stereocenters. The third-order valence-electron chi connectivity index (χ3n) is 3.90. The normalized spacial score (nSPS) is 16.5. The second kappa shape index (κ2) is 6.50. The predicted molar refractivity (Wildman–Crippen MR) is 85.3 cm³/mol. The third kappa shape index (κ3) is 3.22. The van der Waals surface area contributed by atoms with Crippen molar-refractivity contribution < 1.29 is 9.84 Å². The Morgan fingerprint density at radius 2 is 2.10 bits per heavy atom. The van der Waals surface area contributed by atoms with Gasteiger partial charge in [0, 0.05) is 30.6 Å². The van der Waals surface area contributed by atoms with Gasteiger partial charge in [-0.05, 0) is 36.4 Å². The van der Waals surface area contributed by atoms with Gasteiger partial charge in [0.25, 0.3) is 0 Å². The first kappa shape index (κ1) is 14.4.